The number of carbonyl (C=O) groups excluding carboxylic acids is 2. The number of esters is 2. The minimum Gasteiger partial charge on any atom is -0.426 e. The van der Waals surface area contributed by atoms with E-state index in [0.29, 0.717) is 0 Å². The van der Waals surface area contributed by atoms with E-state index < -0.39 is 18.2 Å². The number of carbonyl (C=O) groups is 2. The van der Waals surface area contributed by atoms with Gasteiger partial charge >= 0.3 is 11.9 Å². The number of aromatic nitrogens is 6. The average molecular weight is 297 g/mol. The summed E-state index contributed by atoms with van der Waals surface area (Å²) in [6.45, 7) is 2.58. The van der Waals surface area contributed by atoms with Gasteiger partial charge in [-0.3, -0.25) is 4.79 Å². The summed E-state index contributed by atoms with van der Waals surface area (Å²) >= 11 is 0. The third-order valence-corrected chi connectivity index (χ3v) is 2.22. The molecule has 0 amide bonds. The highest BCUT2D eigenvalue weighted by Crippen LogP contribution is 2.16. The molecule has 21 heavy (non-hydrogen) atoms. The van der Waals surface area contributed by atoms with E-state index in [9.17, 15) is 9.59 Å². The molecular formula is C9H11N7O5. The van der Waals surface area contributed by atoms with E-state index in [4.69, 9.17) is 4.74 Å². The van der Waals surface area contributed by atoms with Crippen LogP contribution in [0.4, 0.5) is 5.82 Å². The van der Waals surface area contributed by atoms with Crippen LogP contribution in [0.25, 0.3) is 0 Å². The summed E-state index contributed by atoms with van der Waals surface area (Å²) in [5, 5.41) is 18.9. The molecular weight excluding hydrogens is 286 g/mol. The highest BCUT2D eigenvalue weighted by atomic mass is 16.7. The van der Waals surface area contributed by atoms with Crippen LogP contribution in [0.2, 0.25) is 0 Å². The zero-order valence-electron chi connectivity index (χ0n) is 11.3. The number of anilines is 1. The number of nitrogens with zero attached hydrogens (tertiary/aromatic N) is 7. The standard InChI is InChI=1S/C9H11N7O5/c1-5(17)19-6(2)20-9(18)7-8(12-21-11-7)15(3)16-4-10-13-14-16/h4,6H,1-3H3. The van der Waals surface area contributed by atoms with Crippen LogP contribution in [-0.4, -0.2) is 55.9 Å². The van der Waals surface area contributed by atoms with Gasteiger partial charge in [-0.1, -0.05) is 0 Å². The van der Waals surface area contributed by atoms with Gasteiger partial charge in [0.15, 0.2) is 6.33 Å². The molecule has 0 saturated heterocycles. The number of tetrazole rings is 1. The van der Waals surface area contributed by atoms with Crippen LogP contribution in [0, 0.1) is 0 Å². The van der Waals surface area contributed by atoms with Gasteiger partial charge < -0.3 is 9.47 Å². The molecule has 1 unspecified atom stereocenters. The van der Waals surface area contributed by atoms with Crippen molar-refractivity contribution >= 4 is 17.8 Å². The molecule has 0 radical (unpaired) electrons. The highest BCUT2D eigenvalue weighted by molar-refractivity contribution is 5.92. The van der Waals surface area contributed by atoms with Crippen LogP contribution in [0.1, 0.15) is 24.3 Å². The maximum absolute atomic E-state index is 11.9. The first kappa shape index (κ1) is 14.4. The number of ether oxygens (including phenoxy) is 2. The molecule has 0 aliphatic rings. The monoisotopic (exact) mass is 297 g/mol. The van der Waals surface area contributed by atoms with Gasteiger partial charge in [0, 0.05) is 20.9 Å². The molecule has 2 rings (SSSR count). The van der Waals surface area contributed by atoms with Gasteiger partial charge in [0.2, 0.25) is 17.8 Å². The first-order valence-electron chi connectivity index (χ1n) is 5.66. The fourth-order valence-corrected chi connectivity index (χ4v) is 1.38. The second-order valence-corrected chi connectivity index (χ2v) is 3.77. The Bertz CT molecular complexity index is 624. The lowest BCUT2D eigenvalue weighted by Crippen LogP contribution is -2.28. The molecule has 0 aliphatic carbocycles. The SMILES string of the molecule is CC(=O)OC(C)OC(=O)c1nonc1N(C)n1cnnn1. The predicted molar refractivity (Wildman–Crippen MR) is 62.6 cm³/mol. The normalized spacial score (nSPS) is 11.8. The van der Waals surface area contributed by atoms with Crippen molar-refractivity contribution in [2.24, 2.45) is 0 Å². The van der Waals surface area contributed by atoms with Gasteiger partial charge in [-0.15, -0.1) is 9.89 Å². The molecule has 0 fully saturated rings. The minimum absolute atomic E-state index is 0.0299. The van der Waals surface area contributed by atoms with Crippen LogP contribution >= 0.6 is 0 Å². The van der Waals surface area contributed by atoms with Gasteiger partial charge in [-0.2, -0.15) is 0 Å². The van der Waals surface area contributed by atoms with Crippen molar-refractivity contribution in [3.63, 3.8) is 0 Å². The second kappa shape index (κ2) is 5.94. The quantitative estimate of drug-likeness (QED) is 0.497. The Hall–Kier alpha value is -3.05. The Labute approximate surface area is 117 Å². The van der Waals surface area contributed by atoms with E-state index in [2.05, 4.69) is 35.2 Å². The van der Waals surface area contributed by atoms with E-state index in [1.165, 1.54) is 37.0 Å². The molecule has 0 spiro atoms. The molecule has 1 atom stereocenters. The zero-order chi connectivity index (χ0) is 15.4. The Balaban J connectivity index is 2.13. The Morgan fingerprint density at radius 1 is 1.38 bits per heavy atom. The topological polar surface area (TPSA) is 138 Å². The molecule has 2 heterocycles. The van der Waals surface area contributed by atoms with E-state index in [1.54, 1.807) is 0 Å². The van der Waals surface area contributed by atoms with Crippen molar-refractivity contribution in [1.29, 1.82) is 0 Å². The fraction of sp³-hybridized carbons (Fsp3) is 0.444. The van der Waals surface area contributed by atoms with Crippen molar-refractivity contribution < 1.29 is 23.7 Å². The third-order valence-electron chi connectivity index (χ3n) is 2.22. The molecule has 0 saturated carbocycles. The third kappa shape index (κ3) is 3.29. The summed E-state index contributed by atoms with van der Waals surface area (Å²) < 4.78 is 14.1. The maximum atomic E-state index is 11.9. The smallest absolute Gasteiger partial charge is 0.367 e. The number of rotatable bonds is 5. The van der Waals surface area contributed by atoms with E-state index in [0.717, 1.165) is 0 Å². The first-order chi connectivity index (χ1) is 9.99. The first-order valence-corrected chi connectivity index (χ1v) is 5.66. The van der Waals surface area contributed by atoms with Gasteiger partial charge in [0.1, 0.15) is 0 Å². The van der Waals surface area contributed by atoms with Crippen molar-refractivity contribution in [3.05, 3.63) is 12.0 Å². The molecule has 12 heteroatoms. The second-order valence-electron chi connectivity index (χ2n) is 3.77. The van der Waals surface area contributed by atoms with Crippen LogP contribution in [0.5, 0.6) is 0 Å². The minimum atomic E-state index is -1.07. The largest absolute Gasteiger partial charge is 0.426 e. The van der Waals surface area contributed by atoms with Crippen molar-refractivity contribution in [1.82, 2.24) is 30.6 Å². The number of hydrogen-bond acceptors (Lipinski definition) is 11. The van der Waals surface area contributed by atoms with Crippen molar-refractivity contribution in [2.75, 3.05) is 12.1 Å². The Morgan fingerprint density at radius 3 is 2.76 bits per heavy atom. The molecule has 0 aliphatic heterocycles. The maximum Gasteiger partial charge on any atom is 0.367 e. The van der Waals surface area contributed by atoms with Crippen LogP contribution in [-0.2, 0) is 14.3 Å². The lowest BCUT2D eigenvalue weighted by atomic mass is 10.4. The molecule has 0 aromatic carbocycles. The molecule has 12 nitrogen and oxygen atoms in total. The summed E-state index contributed by atoms with van der Waals surface area (Å²) in [5.74, 6) is -1.43. The van der Waals surface area contributed by atoms with Crippen LogP contribution in [0.15, 0.2) is 11.0 Å². The van der Waals surface area contributed by atoms with Gasteiger partial charge in [-0.05, 0) is 20.7 Å². The zero-order valence-corrected chi connectivity index (χ0v) is 11.3. The Morgan fingerprint density at radius 2 is 2.14 bits per heavy atom. The summed E-state index contributed by atoms with van der Waals surface area (Å²) in [6, 6.07) is 0. The van der Waals surface area contributed by atoms with E-state index in [-0.39, 0.29) is 11.5 Å². The molecule has 112 valence electrons. The van der Waals surface area contributed by atoms with E-state index >= 15 is 0 Å². The van der Waals surface area contributed by atoms with Crippen molar-refractivity contribution in [3.8, 4) is 0 Å². The lowest BCUT2D eigenvalue weighted by molar-refractivity contribution is -0.162. The van der Waals surface area contributed by atoms with Gasteiger partial charge in [0.05, 0.1) is 0 Å². The van der Waals surface area contributed by atoms with Crippen LogP contribution in [0.3, 0.4) is 0 Å². The van der Waals surface area contributed by atoms with Gasteiger partial charge in [0.25, 0.3) is 0 Å². The summed E-state index contributed by atoms with van der Waals surface area (Å²) in [6.07, 6.45) is 0.212. The lowest BCUT2D eigenvalue weighted by Gasteiger charge is -2.15. The molecule has 2 aromatic heterocycles. The summed E-state index contributed by atoms with van der Waals surface area (Å²) in [4.78, 5) is 23.9. The average Bonchev–Trinajstić information content (AvgIpc) is 3.08. The van der Waals surface area contributed by atoms with Gasteiger partial charge in [-0.25, -0.2) is 14.4 Å². The fourth-order valence-electron chi connectivity index (χ4n) is 1.38. The summed E-state index contributed by atoms with van der Waals surface area (Å²) in [7, 11) is 1.53. The van der Waals surface area contributed by atoms with Crippen molar-refractivity contribution in [2.45, 2.75) is 20.1 Å². The molecule has 2 aromatic rings. The molecule has 0 N–H and O–H groups in total. The highest BCUT2D eigenvalue weighted by Gasteiger charge is 2.26. The molecule has 0 bridgehead atoms. The van der Waals surface area contributed by atoms with Crippen LogP contribution < -0.4 is 5.01 Å². The van der Waals surface area contributed by atoms with E-state index in [1.807, 2.05) is 0 Å². The Kier molecular flexibility index (Phi) is 4.06. The number of hydrogen-bond donors (Lipinski definition) is 0. The predicted octanol–water partition coefficient (Wildman–Crippen LogP) is -0.979. The summed E-state index contributed by atoms with van der Waals surface area (Å²) in [5.41, 5.74) is -0.216.